The molecule has 1 saturated heterocycles. The van der Waals surface area contributed by atoms with Gasteiger partial charge in [0.2, 0.25) is 5.91 Å². The number of carbonyl (C=O) groups excluding carboxylic acids is 1. The zero-order valence-electron chi connectivity index (χ0n) is 12.4. The lowest BCUT2D eigenvalue weighted by atomic mass is 10.3. The van der Waals surface area contributed by atoms with Crippen LogP contribution in [0.5, 0.6) is 0 Å². The third kappa shape index (κ3) is 5.11. The molecule has 1 aliphatic rings. The first-order valence-electron chi connectivity index (χ1n) is 6.76. The predicted molar refractivity (Wildman–Crippen MR) is 90.8 cm³/mol. The van der Waals surface area contributed by atoms with E-state index in [2.05, 4.69) is 5.32 Å². The Hall–Kier alpha value is -1.26. The highest BCUT2D eigenvalue weighted by Gasteiger charge is 2.29. The van der Waals surface area contributed by atoms with E-state index in [9.17, 15) is 23.3 Å². The Morgan fingerprint density at radius 2 is 2.22 bits per heavy atom. The maximum absolute atomic E-state index is 11.9. The molecule has 126 valence electrons. The summed E-state index contributed by atoms with van der Waals surface area (Å²) in [6.07, 6.45) is 2.25. The molecule has 1 heterocycles. The highest BCUT2D eigenvalue weighted by atomic mass is 32.2. The molecule has 1 aromatic carbocycles. The summed E-state index contributed by atoms with van der Waals surface area (Å²) in [5.41, 5.74) is -0.0295. The molecular weight excluding hydrogens is 360 g/mol. The average molecular weight is 376 g/mol. The largest absolute Gasteiger partial charge is 0.352 e. The standard InChI is InChI=1S/C13H16N2O5S3/c1-21-10-2-3-12(11(6-10)15(17)18)22-7-13(16)14-9-4-5-23(19,20)8-9/h2-3,6,9H,4-5,7-8H2,1H3,(H,14,16)/t9-/m0/s1. The Morgan fingerprint density at radius 1 is 1.48 bits per heavy atom. The van der Waals surface area contributed by atoms with Gasteiger partial charge in [-0.1, -0.05) is 0 Å². The molecule has 1 aromatic rings. The number of nitro groups is 1. The number of hydrogen-bond acceptors (Lipinski definition) is 7. The van der Waals surface area contributed by atoms with Crippen molar-refractivity contribution in [3.8, 4) is 0 Å². The van der Waals surface area contributed by atoms with Crippen LogP contribution in [0.4, 0.5) is 5.69 Å². The number of carbonyl (C=O) groups is 1. The van der Waals surface area contributed by atoms with Gasteiger partial charge in [-0.15, -0.1) is 23.5 Å². The molecule has 1 atom stereocenters. The van der Waals surface area contributed by atoms with Gasteiger partial charge in [0.15, 0.2) is 9.84 Å². The first-order valence-corrected chi connectivity index (χ1v) is 10.8. The minimum absolute atomic E-state index is 0.00992. The van der Waals surface area contributed by atoms with Crippen LogP contribution < -0.4 is 5.32 Å². The second-order valence-corrected chi connectivity index (χ2v) is 9.17. The first kappa shape index (κ1) is 18.1. The number of nitrogens with one attached hydrogen (secondary N) is 1. The minimum atomic E-state index is -3.05. The van der Waals surface area contributed by atoms with E-state index in [1.165, 1.54) is 17.8 Å². The number of nitrogens with zero attached hydrogens (tertiary/aromatic N) is 1. The smallest absolute Gasteiger partial charge is 0.284 e. The number of amides is 1. The van der Waals surface area contributed by atoms with Crippen LogP contribution in [0, 0.1) is 10.1 Å². The summed E-state index contributed by atoms with van der Waals surface area (Å²) in [7, 11) is -3.05. The fourth-order valence-corrected chi connectivity index (χ4v) is 5.13. The lowest BCUT2D eigenvalue weighted by Gasteiger charge is -2.10. The molecular formula is C13H16N2O5S3. The Labute approximate surface area is 142 Å². The lowest BCUT2D eigenvalue weighted by Crippen LogP contribution is -2.36. The summed E-state index contributed by atoms with van der Waals surface area (Å²) in [6.45, 7) is 0. The lowest BCUT2D eigenvalue weighted by molar-refractivity contribution is -0.387. The van der Waals surface area contributed by atoms with E-state index >= 15 is 0 Å². The van der Waals surface area contributed by atoms with E-state index in [-0.39, 0.29) is 34.9 Å². The topological polar surface area (TPSA) is 106 Å². The summed E-state index contributed by atoms with van der Waals surface area (Å²) in [5, 5.41) is 13.8. The second kappa shape index (κ2) is 7.54. The van der Waals surface area contributed by atoms with Gasteiger partial charge in [0.05, 0.1) is 27.1 Å². The predicted octanol–water partition coefficient (Wildman–Crippen LogP) is 1.71. The van der Waals surface area contributed by atoms with Crippen molar-refractivity contribution in [3.05, 3.63) is 28.3 Å². The van der Waals surface area contributed by atoms with Crippen LogP contribution in [-0.4, -0.2) is 48.8 Å². The number of hydrogen-bond donors (Lipinski definition) is 1. The summed E-state index contributed by atoms with van der Waals surface area (Å²) in [4.78, 5) is 23.7. The molecule has 1 amide bonds. The Kier molecular flexibility index (Phi) is 5.93. The SMILES string of the molecule is CSc1ccc(SCC(=O)N[C@H]2CCS(=O)(=O)C2)c([N+](=O)[O-])c1. The van der Waals surface area contributed by atoms with Crippen LogP contribution in [0.3, 0.4) is 0 Å². The highest BCUT2D eigenvalue weighted by Crippen LogP contribution is 2.32. The normalized spacial score (nSPS) is 19.4. The van der Waals surface area contributed by atoms with E-state index in [1.807, 2.05) is 6.26 Å². The average Bonchev–Trinajstić information content (AvgIpc) is 2.83. The van der Waals surface area contributed by atoms with E-state index in [4.69, 9.17) is 0 Å². The third-order valence-electron chi connectivity index (χ3n) is 3.32. The maximum atomic E-state index is 11.9. The molecule has 7 nitrogen and oxygen atoms in total. The fourth-order valence-electron chi connectivity index (χ4n) is 2.21. The quantitative estimate of drug-likeness (QED) is 0.457. The number of sulfone groups is 1. The maximum Gasteiger partial charge on any atom is 0.284 e. The minimum Gasteiger partial charge on any atom is -0.352 e. The summed E-state index contributed by atoms with van der Waals surface area (Å²) in [5.74, 6) is -0.255. The van der Waals surface area contributed by atoms with Crippen molar-refractivity contribution in [2.24, 2.45) is 0 Å². The molecule has 0 aromatic heterocycles. The van der Waals surface area contributed by atoms with Crippen molar-refractivity contribution in [3.63, 3.8) is 0 Å². The molecule has 0 spiro atoms. The van der Waals surface area contributed by atoms with Crippen molar-refractivity contribution in [2.45, 2.75) is 22.3 Å². The van der Waals surface area contributed by atoms with Crippen LogP contribution in [0.2, 0.25) is 0 Å². The fraction of sp³-hybridized carbons (Fsp3) is 0.462. The number of benzene rings is 1. The first-order chi connectivity index (χ1) is 10.8. The van der Waals surface area contributed by atoms with Crippen LogP contribution in [-0.2, 0) is 14.6 Å². The van der Waals surface area contributed by atoms with Gasteiger partial charge in [-0.2, -0.15) is 0 Å². The molecule has 0 radical (unpaired) electrons. The summed E-state index contributed by atoms with van der Waals surface area (Å²) >= 11 is 2.48. The van der Waals surface area contributed by atoms with Gasteiger partial charge in [0, 0.05) is 17.0 Å². The van der Waals surface area contributed by atoms with E-state index in [1.54, 1.807) is 12.1 Å². The molecule has 1 N–H and O–H groups in total. The Bertz CT molecular complexity index is 720. The van der Waals surface area contributed by atoms with E-state index < -0.39 is 14.8 Å². The van der Waals surface area contributed by atoms with Crippen molar-refractivity contribution in [1.29, 1.82) is 0 Å². The Morgan fingerprint density at radius 3 is 2.78 bits per heavy atom. The molecule has 0 bridgehead atoms. The number of nitro benzene ring substituents is 1. The molecule has 10 heteroatoms. The van der Waals surface area contributed by atoms with Crippen LogP contribution in [0.25, 0.3) is 0 Å². The Balaban J connectivity index is 1.95. The van der Waals surface area contributed by atoms with Gasteiger partial charge in [-0.05, 0) is 24.8 Å². The summed E-state index contributed by atoms with van der Waals surface area (Å²) in [6, 6.07) is 4.51. The van der Waals surface area contributed by atoms with E-state index in [0.29, 0.717) is 11.3 Å². The molecule has 0 aliphatic carbocycles. The van der Waals surface area contributed by atoms with Crippen LogP contribution in [0.1, 0.15) is 6.42 Å². The highest BCUT2D eigenvalue weighted by molar-refractivity contribution is 8.00. The molecule has 2 rings (SSSR count). The molecule has 23 heavy (non-hydrogen) atoms. The van der Waals surface area contributed by atoms with Crippen molar-refractivity contribution < 1.29 is 18.1 Å². The molecule has 0 unspecified atom stereocenters. The number of rotatable bonds is 6. The number of thioether (sulfide) groups is 2. The van der Waals surface area contributed by atoms with Crippen molar-refractivity contribution >= 4 is 45.0 Å². The van der Waals surface area contributed by atoms with Gasteiger partial charge >= 0.3 is 0 Å². The zero-order valence-corrected chi connectivity index (χ0v) is 14.8. The third-order valence-corrected chi connectivity index (χ3v) is 6.88. The molecule has 1 fully saturated rings. The van der Waals surface area contributed by atoms with Gasteiger partial charge in [-0.3, -0.25) is 14.9 Å². The summed E-state index contributed by atoms with van der Waals surface area (Å²) < 4.78 is 22.7. The van der Waals surface area contributed by atoms with Gasteiger partial charge in [-0.25, -0.2) is 8.42 Å². The van der Waals surface area contributed by atoms with Gasteiger partial charge < -0.3 is 5.32 Å². The van der Waals surface area contributed by atoms with Gasteiger partial charge in [0.25, 0.3) is 5.69 Å². The van der Waals surface area contributed by atoms with E-state index in [0.717, 1.165) is 16.7 Å². The van der Waals surface area contributed by atoms with Crippen LogP contribution >= 0.6 is 23.5 Å². The van der Waals surface area contributed by atoms with Crippen LogP contribution in [0.15, 0.2) is 28.0 Å². The van der Waals surface area contributed by atoms with Crippen molar-refractivity contribution in [2.75, 3.05) is 23.5 Å². The zero-order chi connectivity index (χ0) is 17.0. The monoisotopic (exact) mass is 376 g/mol. The van der Waals surface area contributed by atoms with Gasteiger partial charge in [0.1, 0.15) is 0 Å². The molecule has 1 aliphatic heterocycles. The molecule has 0 saturated carbocycles. The van der Waals surface area contributed by atoms with Crippen molar-refractivity contribution in [1.82, 2.24) is 5.32 Å². The second-order valence-electron chi connectivity index (χ2n) is 5.05.